The Labute approximate surface area is 168 Å². The Hall–Kier alpha value is -2.43. The summed E-state index contributed by atoms with van der Waals surface area (Å²) in [6.07, 6.45) is -3.17. The summed E-state index contributed by atoms with van der Waals surface area (Å²) in [5.41, 5.74) is 3.28. The average molecular weight is 433 g/mol. The van der Waals surface area contributed by atoms with E-state index in [1.165, 1.54) is 12.3 Å². The van der Waals surface area contributed by atoms with E-state index in [9.17, 15) is 22.4 Å². The highest BCUT2D eigenvalue weighted by Crippen LogP contribution is 2.37. The van der Waals surface area contributed by atoms with Gasteiger partial charge in [0.15, 0.2) is 0 Å². The lowest BCUT2D eigenvalue weighted by Crippen LogP contribution is -2.54. The van der Waals surface area contributed by atoms with Crippen LogP contribution in [0.2, 0.25) is 5.02 Å². The maximum atomic E-state index is 14.0. The number of carbonyl (C=O) groups is 1. The number of para-hydroxylation sites is 1. The predicted molar refractivity (Wildman–Crippen MR) is 98.1 cm³/mol. The third-order valence-corrected chi connectivity index (χ3v) is 4.75. The van der Waals surface area contributed by atoms with Crippen molar-refractivity contribution in [3.8, 4) is 0 Å². The number of carbonyl (C=O) groups excluding carboxylic acids is 1. The summed E-state index contributed by atoms with van der Waals surface area (Å²) < 4.78 is 58.4. The minimum absolute atomic E-state index is 0.0373. The van der Waals surface area contributed by atoms with Crippen molar-refractivity contribution in [2.75, 3.05) is 18.5 Å². The van der Waals surface area contributed by atoms with Crippen LogP contribution in [0, 0.1) is 5.82 Å². The van der Waals surface area contributed by atoms with Crippen LogP contribution in [-0.4, -0.2) is 29.6 Å². The number of rotatable bonds is 5. The van der Waals surface area contributed by atoms with Crippen molar-refractivity contribution in [1.82, 2.24) is 10.3 Å². The quantitative estimate of drug-likeness (QED) is 0.630. The lowest BCUT2D eigenvalue weighted by atomic mass is 9.99. The Morgan fingerprint density at radius 2 is 2.14 bits per heavy atom. The van der Waals surface area contributed by atoms with E-state index in [4.69, 9.17) is 22.1 Å². The second-order valence-electron chi connectivity index (χ2n) is 6.58. The van der Waals surface area contributed by atoms with E-state index in [0.717, 1.165) is 18.2 Å². The minimum atomic E-state index is -4.74. The highest BCUT2D eigenvalue weighted by atomic mass is 35.5. The molecule has 29 heavy (non-hydrogen) atoms. The number of alkyl halides is 3. The summed E-state index contributed by atoms with van der Waals surface area (Å²) in [5, 5.41) is 5.05. The molecule has 0 radical (unpaired) electrons. The maximum absolute atomic E-state index is 14.0. The molecule has 0 aliphatic carbocycles. The zero-order chi connectivity index (χ0) is 21.2. The number of nitrogens with two attached hydrogens (primary N) is 1. The van der Waals surface area contributed by atoms with E-state index in [1.54, 1.807) is 0 Å². The zero-order valence-corrected chi connectivity index (χ0v) is 15.7. The van der Waals surface area contributed by atoms with E-state index in [2.05, 4.69) is 15.6 Å². The molecule has 2 heterocycles. The topological polar surface area (TPSA) is 89.3 Å². The van der Waals surface area contributed by atoms with Crippen molar-refractivity contribution in [3.05, 3.63) is 52.6 Å². The minimum Gasteiger partial charge on any atom is -0.379 e. The van der Waals surface area contributed by atoms with E-state index < -0.39 is 34.7 Å². The Morgan fingerprint density at radius 3 is 2.76 bits per heavy atom. The number of halogens is 5. The molecule has 1 fully saturated rings. The number of anilines is 2. The number of amides is 1. The van der Waals surface area contributed by atoms with E-state index >= 15 is 0 Å². The summed E-state index contributed by atoms with van der Waals surface area (Å²) in [6.45, 7) is 0.455. The van der Waals surface area contributed by atoms with Gasteiger partial charge in [0.05, 0.1) is 47.0 Å². The van der Waals surface area contributed by atoms with Gasteiger partial charge in [-0.25, -0.2) is 4.39 Å². The summed E-state index contributed by atoms with van der Waals surface area (Å²) in [7, 11) is 0. The molecular formula is C18H17ClF4N4O2. The number of ether oxygens (including phenoxy) is 1. The highest BCUT2D eigenvalue weighted by molar-refractivity contribution is 6.31. The summed E-state index contributed by atoms with van der Waals surface area (Å²) in [4.78, 5) is 16.2. The highest BCUT2D eigenvalue weighted by Gasteiger charge is 2.38. The van der Waals surface area contributed by atoms with Gasteiger partial charge in [-0.15, -0.1) is 0 Å². The molecule has 1 amide bonds. The fourth-order valence-electron chi connectivity index (χ4n) is 2.80. The lowest BCUT2D eigenvalue weighted by molar-refractivity contribution is -0.137. The molecule has 1 saturated heterocycles. The molecule has 4 N–H and O–H groups in total. The third-order valence-electron chi connectivity index (χ3n) is 4.43. The number of hydrogen-bond donors (Lipinski definition) is 3. The van der Waals surface area contributed by atoms with Crippen LogP contribution in [0.1, 0.15) is 17.7 Å². The van der Waals surface area contributed by atoms with E-state index in [-0.39, 0.29) is 29.6 Å². The molecule has 156 valence electrons. The van der Waals surface area contributed by atoms with Gasteiger partial charge < -0.3 is 21.1 Å². The fourth-order valence-corrected chi connectivity index (χ4v) is 3.03. The molecule has 1 aliphatic heterocycles. The van der Waals surface area contributed by atoms with Crippen molar-refractivity contribution in [1.29, 1.82) is 0 Å². The van der Waals surface area contributed by atoms with Crippen molar-refractivity contribution in [2.45, 2.75) is 24.7 Å². The van der Waals surface area contributed by atoms with Crippen molar-refractivity contribution in [2.24, 2.45) is 5.73 Å². The second kappa shape index (κ2) is 8.13. The van der Waals surface area contributed by atoms with Crippen LogP contribution in [0.5, 0.6) is 0 Å². The molecular weight excluding hydrogens is 416 g/mol. The molecule has 11 heteroatoms. The first-order valence-electron chi connectivity index (χ1n) is 8.52. The molecule has 2 aromatic rings. The number of benzene rings is 1. The Morgan fingerprint density at radius 1 is 1.38 bits per heavy atom. The molecule has 1 unspecified atom stereocenters. The first kappa shape index (κ1) is 21.3. The molecule has 1 atom stereocenters. The van der Waals surface area contributed by atoms with Crippen LogP contribution >= 0.6 is 11.6 Å². The molecule has 0 bridgehead atoms. The standard InChI is InChI=1S/C18H17ClF4N4O2/c19-12-6-10(27-15-11(18(21,22)23)2-1-3-13(15)20)7-25-14(12)8-26-16(28)17(24)4-5-29-9-17/h1-3,6-7,27H,4-5,8-9,24H2,(H,26,28). The van der Waals surface area contributed by atoms with Crippen LogP contribution < -0.4 is 16.4 Å². The van der Waals surface area contributed by atoms with Gasteiger partial charge in [0.1, 0.15) is 11.4 Å². The lowest BCUT2D eigenvalue weighted by Gasteiger charge is -2.20. The molecule has 0 spiro atoms. The molecule has 1 aromatic carbocycles. The third kappa shape index (κ3) is 4.77. The van der Waals surface area contributed by atoms with E-state index in [0.29, 0.717) is 13.0 Å². The van der Waals surface area contributed by atoms with Gasteiger partial charge in [-0.1, -0.05) is 17.7 Å². The summed E-state index contributed by atoms with van der Waals surface area (Å²) in [5.74, 6) is -1.49. The Balaban J connectivity index is 1.73. The van der Waals surface area contributed by atoms with Gasteiger partial charge in [-0.3, -0.25) is 9.78 Å². The number of nitrogens with one attached hydrogen (secondary N) is 2. The Kier molecular flexibility index (Phi) is 5.97. The van der Waals surface area contributed by atoms with Gasteiger partial charge in [-0.2, -0.15) is 13.2 Å². The smallest absolute Gasteiger partial charge is 0.379 e. The zero-order valence-electron chi connectivity index (χ0n) is 14.9. The van der Waals surface area contributed by atoms with Crippen molar-refractivity contribution < 1.29 is 27.1 Å². The maximum Gasteiger partial charge on any atom is 0.418 e. The van der Waals surface area contributed by atoms with Crippen LogP contribution in [0.4, 0.5) is 28.9 Å². The van der Waals surface area contributed by atoms with Crippen LogP contribution in [0.25, 0.3) is 0 Å². The summed E-state index contributed by atoms with van der Waals surface area (Å²) >= 11 is 6.12. The second-order valence-corrected chi connectivity index (χ2v) is 6.99. The van der Waals surface area contributed by atoms with Gasteiger partial charge in [0.25, 0.3) is 0 Å². The van der Waals surface area contributed by atoms with Crippen LogP contribution in [-0.2, 0) is 22.3 Å². The number of hydrogen-bond acceptors (Lipinski definition) is 5. The fraction of sp³-hybridized carbons (Fsp3) is 0.333. The number of aromatic nitrogens is 1. The van der Waals surface area contributed by atoms with Crippen molar-refractivity contribution >= 4 is 28.9 Å². The summed E-state index contributed by atoms with van der Waals surface area (Å²) in [6, 6.07) is 3.94. The average Bonchev–Trinajstić information content (AvgIpc) is 3.09. The first-order chi connectivity index (χ1) is 13.6. The van der Waals surface area contributed by atoms with E-state index in [1.807, 2.05) is 0 Å². The SMILES string of the molecule is NC1(C(=O)NCc2ncc(Nc3c(F)cccc3C(F)(F)F)cc2Cl)CCOC1. The normalized spacial score (nSPS) is 19.2. The first-order valence-corrected chi connectivity index (χ1v) is 8.90. The molecule has 1 aromatic heterocycles. The van der Waals surface area contributed by atoms with Crippen molar-refractivity contribution in [3.63, 3.8) is 0 Å². The predicted octanol–water partition coefficient (Wildman–Crippen LogP) is 3.37. The molecule has 0 saturated carbocycles. The van der Waals surface area contributed by atoms with Crippen LogP contribution in [0.3, 0.4) is 0 Å². The monoisotopic (exact) mass is 432 g/mol. The van der Waals surface area contributed by atoms with Gasteiger partial charge >= 0.3 is 6.18 Å². The molecule has 1 aliphatic rings. The Bertz CT molecular complexity index is 917. The molecule has 6 nitrogen and oxygen atoms in total. The van der Waals surface area contributed by atoms with Gasteiger partial charge in [0.2, 0.25) is 5.91 Å². The number of pyridine rings is 1. The number of nitrogens with zero attached hydrogens (tertiary/aromatic N) is 1. The van der Waals surface area contributed by atoms with Crippen LogP contribution in [0.15, 0.2) is 30.5 Å². The largest absolute Gasteiger partial charge is 0.418 e. The molecule has 3 rings (SSSR count). The van der Waals surface area contributed by atoms with Gasteiger partial charge in [-0.05, 0) is 24.6 Å². The van der Waals surface area contributed by atoms with Gasteiger partial charge in [0, 0.05) is 6.61 Å².